The van der Waals surface area contributed by atoms with Crippen LogP contribution in [0.5, 0.6) is 5.75 Å². The molecular weight excluding hydrogens is 357 g/mol. The first kappa shape index (κ1) is 18.8. The number of hydrogen-bond acceptors (Lipinski definition) is 6. The summed E-state index contributed by atoms with van der Waals surface area (Å²) in [4.78, 5) is 24.8. The molecule has 1 aromatic heterocycles. The molecule has 0 radical (unpaired) electrons. The van der Waals surface area contributed by atoms with Crippen LogP contribution >= 0.6 is 0 Å². The normalized spacial score (nSPS) is 15.5. The summed E-state index contributed by atoms with van der Waals surface area (Å²) in [5.74, 6) is -1.12. The van der Waals surface area contributed by atoms with Crippen molar-refractivity contribution in [1.82, 2.24) is 20.0 Å². The second kappa shape index (κ2) is 8.12. The Labute approximate surface area is 154 Å². The number of amides is 1. The first-order valence-corrected chi connectivity index (χ1v) is 8.52. The van der Waals surface area contributed by atoms with Gasteiger partial charge in [-0.15, -0.1) is 0 Å². The number of nitrogens with zero attached hydrogens (tertiary/aromatic N) is 4. The predicted molar refractivity (Wildman–Crippen MR) is 93.9 cm³/mol. The highest BCUT2D eigenvalue weighted by atomic mass is 19.1. The maximum atomic E-state index is 13.3. The van der Waals surface area contributed by atoms with Gasteiger partial charge in [-0.3, -0.25) is 14.9 Å². The zero-order valence-corrected chi connectivity index (χ0v) is 14.8. The molecule has 1 saturated heterocycles. The SMILES string of the molecule is CN1CCC(NC(=O)c2ccn(COc3cc(F)ccc3[N+](=O)[O-])n2)CC1. The average Bonchev–Trinajstić information content (AvgIpc) is 3.11. The summed E-state index contributed by atoms with van der Waals surface area (Å²) in [6.45, 7) is 1.67. The van der Waals surface area contributed by atoms with Crippen molar-refractivity contribution >= 4 is 11.6 Å². The fourth-order valence-electron chi connectivity index (χ4n) is 2.86. The molecule has 1 amide bonds. The van der Waals surface area contributed by atoms with Gasteiger partial charge in [0.2, 0.25) is 5.75 Å². The van der Waals surface area contributed by atoms with E-state index in [2.05, 4.69) is 15.3 Å². The van der Waals surface area contributed by atoms with Gasteiger partial charge in [0.15, 0.2) is 6.73 Å². The van der Waals surface area contributed by atoms with E-state index in [1.807, 2.05) is 7.05 Å². The minimum absolute atomic E-state index is 0.116. The van der Waals surface area contributed by atoms with Crippen molar-refractivity contribution in [3.05, 3.63) is 52.1 Å². The number of carbonyl (C=O) groups excluding carboxylic acids is 1. The summed E-state index contributed by atoms with van der Waals surface area (Å²) in [5.41, 5.74) is -0.116. The second-order valence-corrected chi connectivity index (χ2v) is 6.43. The Morgan fingerprint density at radius 1 is 1.41 bits per heavy atom. The Morgan fingerprint density at radius 3 is 2.85 bits per heavy atom. The van der Waals surface area contributed by atoms with Crippen LogP contribution in [-0.2, 0) is 6.73 Å². The van der Waals surface area contributed by atoms with Crippen molar-refractivity contribution in [3.63, 3.8) is 0 Å². The van der Waals surface area contributed by atoms with Gasteiger partial charge in [0.05, 0.1) is 4.92 Å². The van der Waals surface area contributed by atoms with Crippen LogP contribution in [0.1, 0.15) is 23.3 Å². The van der Waals surface area contributed by atoms with Gasteiger partial charge in [-0.2, -0.15) is 5.10 Å². The van der Waals surface area contributed by atoms with Gasteiger partial charge in [-0.05, 0) is 45.1 Å². The summed E-state index contributed by atoms with van der Waals surface area (Å²) in [5, 5.41) is 18.0. The fourth-order valence-corrected chi connectivity index (χ4v) is 2.86. The van der Waals surface area contributed by atoms with Gasteiger partial charge in [-0.1, -0.05) is 0 Å². The lowest BCUT2D eigenvalue weighted by atomic mass is 10.1. The molecule has 0 atom stereocenters. The molecule has 0 aliphatic carbocycles. The Bertz CT molecular complexity index is 832. The van der Waals surface area contributed by atoms with Crippen molar-refractivity contribution in [3.8, 4) is 5.75 Å². The zero-order valence-electron chi connectivity index (χ0n) is 14.8. The van der Waals surface area contributed by atoms with Gasteiger partial charge in [-0.25, -0.2) is 9.07 Å². The molecule has 0 saturated carbocycles. The van der Waals surface area contributed by atoms with Crippen LogP contribution in [0.15, 0.2) is 30.5 Å². The molecule has 144 valence electrons. The molecule has 1 aliphatic heterocycles. The van der Waals surface area contributed by atoms with E-state index in [0.29, 0.717) is 0 Å². The topological polar surface area (TPSA) is 103 Å². The summed E-state index contributed by atoms with van der Waals surface area (Å²) in [6, 6.07) is 4.62. The van der Waals surface area contributed by atoms with E-state index in [1.54, 1.807) is 0 Å². The van der Waals surface area contributed by atoms with Gasteiger partial charge in [0.25, 0.3) is 5.91 Å². The smallest absolute Gasteiger partial charge is 0.311 e. The summed E-state index contributed by atoms with van der Waals surface area (Å²) >= 11 is 0. The third-order valence-corrected chi connectivity index (χ3v) is 4.40. The molecule has 0 spiro atoms. The van der Waals surface area contributed by atoms with Crippen LogP contribution in [0, 0.1) is 15.9 Å². The number of nitrogens with one attached hydrogen (secondary N) is 1. The van der Waals surface area contributed by atoms with Crippen molar-refractivity contribution in [2.45, 2.75) is 25.6 Å². The molecule has 1 fully saturated rings. The Morgan fingerprint density at radius 2 is 2.15 bits per heavy atom. The van der Waals surface area contributed by atoms with Gasteiger partial charge < -0.3 is 15.0 Å². The summed E-state index contributed by atoms with van der Waals surface area (Å²) < 4.78 is 19.9. The standard InChI is InChI=1S/C17H20FN5O4/c1-21-7-4-13(5-8-21)19-17(24)14-6-9-22(20-14)11-27-16-10-12(18)2-3-15(16)23(25)26/h2-3,6,9-10,13H,4-5,7-8,11H2,1H3,(H,19,24). The van der Waals surface area contributed by atoms with Crippen LogP contribution in [-0.4, -0.2) is 51.7 Å². The number of benzene rings is 1. The number of aromatic nitrogens is 2. The molecule has 27 heavy (non-hydrogen) atoms. The molecule has 10 heteroatoms. The van der Waals surface area contributed by atoms with Crippen molar-refractivity contribution in [2.24, 2.45) is 0 Å². The molecule has 2 aromatic rings. The minimum atomic E-state index is -0.654. The molecule has 1 N–H and O–H groups in total. The number of likely N-dealkylation sites (tertiary alicyclic amines) is 1. The highest BCUT2D eigenvalue weighted by Gasteiger charge is 2.20. The average molecular weight is 377 g/mol. The minimum Gasteiger partial charge on any atom is -0.464 e. The van der Waals surface area contributed by atoms with E-state index in [-0.39, 0.29) is 35.8 Å². The van der Waals surface area contributed by atoms with Crippen LogP contribution in [0.25, 0.3) is 0 Å². The first-order valence-electron chi connectivity index (χ1n) is 8.52. The number of halogens is 1. The number of ether oxygens (including phenoxy) is 1. The quantitative estimate of drug-likeness (QED) is 0.608. The van der Waals surface area contributed by atoms with E-state index in [0.717, 1.165) is 44.1 Å². The molecule has 0 unspecified atom stereocenters. The molecule has 1 aliphatic rings. The molecular formula is C17H20FN5O4. The van der Waals surface area contributed by atoms with E-state index in [4.69, 9.17) is 4.74 Å². The third kappa shape index (κ3) is 4.79. The Kier molecular flexibility index (Phi) is 5.65. The maximum Gasteiger partial charge on any atom is 0.311 e. The van der Waals surface area contributed by atoms with E-state index in [9.17, 15) is 19.3 Å². The van der Waals surface area contributed by atoms with Gasteiger partial charge >= 0.3 is 5.69 Å². The number of piperidine rings is 1. The lowest BCUT2D eigenvalue weighted by molar-refractivity contribution is -0.386. The predicted octanol–water partition coefficient (Wildman–Crippen LogP) is 1.79. The summed E-state index contributed by atoms with van der Waals surface area (Å²) in [6.07, 6.45) is 3.29. The first-order chi connectivity index (χ1) is 12.9. The number of nitro benzene ring substituents is 1. The highest BCUT2D eigenvalue weighted by molar-refractivity contribution is 5.92. The van der Waals surface area contributed by atoms with Crippen LogP contribution in [0.3, 0.4) is 0 Å². The van der Waals surface area contributed by atoms with Crippen LogP contribution < -0.4 is 10.1 Å². The number of hydrogen-bond donors (Lipinski definition) is 1. The van der Waals surface area contributed by atoms with Crippen LogP contribution in [0.4, 0.5) is 10.1 Å². The Hall–Kier alpha value is -3.01. The number of carbonyl (C=O) groups is 1. The molecule has 3 rings (SSSR count). The van der Waals surface area contributed by atoms with E-state index < -0.39 is 10.7 Å². The lowest BCUT2D eigenvalue weighted by Crippen LogP contribution is -2.43. The van der Waals surface area contributed by atoms with Crippen molar-refractivity contribution < 1.29 is 18.8 Å². The Balaban J connectivity index is 1.59. The van der Waals surface area contributed by atoms with Gasteiger partial charge in [0.1, 0.15) is 11.5 Å². The number of rotatable bonds is 6. The van der Waals surface area contributed by atoms with Crippen molar-refractivity contribution in [1.29, 1.82) is 0 Å². The van der Waals surface area contributed by atoms with E-state index in [1.165, 1.54) is 16.9 Å². The lowest BCUT2D eigenvalue weighted by Gasteiger charge is -2.29. The second-order valence-electron chi connectivity index (χ2n) is 6.43. The highest BCUT2D eigenvalue weighted by Crippen LogP contribution is 2.27. The zero-order chi connectivity index (χ0) is 19.4. The van der Waals surface area contributed by atoms with Gasteiger partial charge in [0, 0.05) is 24.4 Å². The maximum absolute atomic E-state index is 13.3. The largest absolute Gasteiger partial charge is 0.464 e. The monoisotopic (exact) mass is 377 g/mol. The van der Waals surface area contributed by atoms with E-state index >= 15 is 0 Å². The fraction of sp³-hybridized carbons (Fsp3) is 0.412. The van der Waals surface area contributed by atoms with Crippen molar-refractivity contribution in [2.75, 3.05) is 20.1 Å². The number of nitro groups is 1. The molecule has 2 heterocycles. The molecule has 1 aromatic carbocycles. The molecule has 9 nitrogen and oxygen atoms in total. The van der Waals surface area contributed by atoms with Crippen LogP contribution in [0.2, 0.25) is 0 Å². The summed E-state index contributed by atoms with van der Waals surface area (Å²) in [7, 11) is 2.04. The molecule has 0 bridgehead atoms. The third-order valence-electron chi connectivity index (χ3n) is 4.40.